The molecule has 0 aromatic heterocycles. The van der Waals surface area contributed by atoms with Crippen molar-refractivity contribution in [2.75, 3.05) is 12.8 Å². The van der Waals surface area contributed by atoms with Gasteiger partial charge in [-0.1, -0.05) is 43.3 Å². The second kappa shape index (κ2) is 6.81. The van der Waals surface area contributed by atoms with E-state index in [1.807, 2.05) is 11.8 Å². The SMILES string of the molecule is CSC(C)CCNCc1ccc2ccccc2c1. The first-order chi connectivity index (χ1) is 8.79. The summed E-state index contributed by atoms with van der Waals surface area (Å²) in [5.74, 6) is 0. The highest BCUT2D eigenvalue weighted by Crippen LogP contribution is 2.15. The van der Waals surface area contributed by atoms with Crippen LogP contribution in [0.3, 0.4) is 0 Å². The Balaban J connectivity index is 1.88. The Hall–Kier alpha value is -0.990. The van der Waals surface area contributed by atoms with E-state index in [1.165, 1.54) is 22.8 Å². The van der Waals surface area contributed by atoms with E-state index in [1.54, 1.807) is 0 Å². The van der Waals surface area contributed by atoms with Gasteiger partial charge in [-0.3, -0.25) is 0 Å². The van der Waals surface area contributed by atoms with Crippen LogP contribution in [0.2, 0.25) is 0 Å². The molecule has 0 heterocycles. The second-order valence-electron chi connectivity index (χ2n) is 4.69. The fourth-order valence-corrected chi connectivity index (χ4v) is 2.36. The monoisotopic (exact) mass is 259 g/mol. The number of hydrogen-bond donors (Lipinski definition) is 1. The van der Waals surface area contributed by atoms with E-state index >= 15 is 0 Å². The van der Waals surface area contributed by atoms with Crippen molar-refractivity contribution in [2.24, 2.45) is 0 Å². The standard InChI is InChI=1S/C16H21NS/c1-13(18-2)9-10-17-12-14-7-8-15-5-3-4-6-16(15)11-14/h3-8,11,13,17H,9-10,12H2,1-2H3. The quantitative estimate of drug-likeness (QED) is 0.785. The lowest BCUT2D eigenvalue weighted by molar-refractivity contribution is 0.648. The van der Waals surface area contributed by atoms with Gasteiger partial charge in [0.2, 0.25) is 0 Å². The molecule has 0 aliphatic rings. The summed E-state index contributed by atoms with van der Waals surface area (Å²) in [5, 5.41) is 6.91. The van der Waals surface area contributed by atoms with Gasteiger partial charge in [0.15, 0.2) is 0 Å². The van der Waals surface area contributed by atoms with Crippen molar-refractivity contribution in [2.45, 2.75) is 25.1 Å². The minimum atomic E-state index is 0.745. The van der Waals surface area contributed by atoms with Crippen LogP contribution in [0, 0.1) is 0 Å². The molecule has 1 nitrogen and oxygen atoms in total. The van der Waals surface area contributed by atoms with Crippen LogP contribution in [-0.4, -0.2) is 18.1 Å². The molecule has 0 radical (unpaired) electrons. The van der Waals surface area contributed by atoms with Crippen molar-refractivity contribution in [3.63, 3.8) is 0 Å². The van der Waals surface area contributed by atoms with Gasteiger partial charge in [0.25, 0.3) is 0 Å². The lowest BCUT2D eigenvalue weighted by Gasteiger charge is -2.09. The predicted octanol–water partition coefficient (Wildman–Crippen LogP) is 4.07. The van der Waals surface area contributed by atoms with Gasteiger partial charge >= 0.3 is 0 Å². The Kier molecular flexibility index (Phi) is 5.09. The zero-order valence-electron chi connectivity index (χ0n) is 11.1. The van der Waals surface area contributed by atoms with E-state index in [0.29, 0.717) is 0 Å². The largest absolute Gasteiger partial charge is 0.313 e. The van der Waals surface area contributed by atoms with Gasteiger partial charge in [0.05, 0.1) is 0 Å². The molecular formula is C16H21NS. The first-order valence-electron chi connectivity index (χ1n) is 6.51. The molecule has 18 heavy (non-hydrogen) atoms. The maximum absolute atomic E-state index is 3.52. The normalized spacial score (nSPS) is 12.8. The molecule has 0 bridgehead atoms. The number of thioether (sulfide) groups is 1. The fourth-order valence-electron chi connectivity index (χ4n) is 2.00. The number of fused-ring (bicyclic) bond motifs is 1. The van der Waals surface area contributed by atoms with Crippen molar-refractivity contribution in [3.8, 4) is 0 Å². The molecule has 1 unspecified atom stereocenters. The zero-order valence-corrected chi connectivity index (χ0v) is 12.0. The number of nitrogens with one attached hydrogen (secondary N) is 1. The van der Waals surface area contributed by atoms with Gasteiger partial charge in [-0.05, 0) is 41.6 Å². The third-order valence-corrected chi connectivity index (χ3v) is 4.31. The molecule has 2 aromatic rings. The van der Waals surface area contributed by atoms with E-state index in [4.69, 9.17) is 0 Å². The maximum atomic E-state index is 3.52. The van der Waals surface area contributed by atoms with Crippen molar-refractivity contribution in [1.82, 2.24) is 5.32 Å². The molecule has 2 heteroatoms. The van der Waals surface area contributed by atoms with Crippen LogP contribution in [0.15, 0.2) is 42.5 Å². The Bertz CT molecular complexity index is 495. The van der Waals surface area contributed by atoms with Gasteiger partial charge < -0.3 is 5.32 Å². The molecule has 0 amide bonds. The zero-order chi connectivity index (χ0) is 12.8. The first-order valence-corrected chi connectivity index (χ1v) is 7.79. The highest BCUT2D eigenvalue weighted by Gasteiger charge is 1.99. The average molecular weight is 259 g/mol. The second-order valence-corrected chi connectivity index (χ2v) is 5.97. The molecule has 0 saturated carbocycles. The van der Waals surface area contributed by atoms with Gasteiger partial charge in [-0.2, -0.15) is 11.8 Å². The molecule has 0 spiro atoms. The summed E-state index contributed by atoms with van der Waals surface area (Å²) in [6.45, 7) is 4.34. The third-order valence-electron chi connectivity index (χ3n) is 3.27. The van der Waals surface area contributed by atoms with Gasteiger partial charge in [-0.25, -0.2) is 0 Å². The van der Waals surface area contributed by atoms with E-state index < -0.39 is 0 Å². The van der Waals surface area contributed by atoms with Crippen molar-refractivity contribution in [1.29, 1.82) is 0 Å². The molecule has 0 aliphatic heterocycles. The highest BCUT2D eigenvalue weighted by atomic mass is 32.2. The molecule has 2 aromatic carbocycles. The van der Waals surface area contributed by atoms with Gasteiger partial charge in [0.1, 0.15) is 0 Å². The first kappa shape index (κ1) is 13.4. The van der Waals surface area contributed by atoms with Crippen LogP contribution in [0.1, 0.15) is 18.9 Å². The van der Waals surface area contributed by atoms with Crippen molar-refractivity contribution < 1.29 is 0 Å². The van der Waals surface area contributed by atoms with E-state index in [-0.39, 0.29) is 0 Å². The summed E-state index contributed by atoms with van der Waals surface area (Å²) in [5.41, 5.74) is 1.37. The Morgan fingerprint density at radius 3 is 2.67 bits per heavy atom. The van der Waals surface area contributed by atoms with E-state index in [9.17, 15) is 0 Å². The predicted molar refractivity (Wildman–Crippen MR) is 83.2 cm³/mol. The summed E-state index contributed by atoms with van der Waals surface area (Å²) in [6.07, 6.45) is 3.41. The van der Waals surface area contributed by atoms with Crippen molar-refractivity contribution in [3.05, 3.63) is 48.0 Å². The lowest BCUT2D eigenvalue weighted by atomic mass is 10.1. The topological polar surface area (TPSA) is 12.0 Å². The molecule has 0 saturated heterocycles. The Labute approximate surface area is 114 Å². The Morgan fingerprint density at radius 2 is 1.89 bits per heavy atom. The van der Waals surface area contributed by atoms with E-state index in [0.717, 1.165) is 18.3 Å². The lowest BCUT2D eigenvalue weighted by Crippen LogP contribution is -2.17. The fraction of sp³-hybridized carbons (Fsp3) is 0.375. The number of hydrogen-bond acceptors (Lipinski definition) is 2. The van der Waals surface area contributed by atoms with Gasteiger partial charge in [0, 0.05) is 11.8 Å². The molecular weight excluding hydrogens is 238 g/mol. The number of rotatable bonds is 6. The molecule has 1 atom stereocenters. The smallest absolute Gasteiger partial charge is 0.0205 e. The van der Waals surface area contributed by atoms with Crippen LogP contribution < -0.4 is 5.32 Å². The van der Waals surface area contributed by atoms with Crippen LogP contribution in [0.5, 0.6) is 0 Å². The maximum Gasteiger partial charge on any atom is 0.0205 e. The summed E-state index contributed by atoms with van der Waals surface area (Å²) < 4.78 is 0. The molecule has 96 valence electrons. The molecule has 0 fully saturated rings. The Morgan fingerprint density at radius 1 is 1.11 bits per heavy atom. The average Bonchev–Trinajstić information content (AvgIpc) is 2.43. The molecule has 0 aliphatic carbocycles. The third kappa shape index (κ3) is 3.76. The molecule has 1 N–H and O–H groups in total. The van der Waals surface area contributed by atoms with Gasteiger partial charge in [-0.15, -0.1) is 0 Å². The van der Waals surface area contributed by atoms with E-state index in [2.05, 4.69) is 61.0 Å². The summed E-state index contributed by atoms with van der Waals surface area (Å²) in [7, 11) is 0. The van der Waals surface area contributed by atoms with Crippen LogP contribution in [0.4, 0.5) is 0 Å². The van der Waals surface area contributed by atoms with Crippen LogP contribution in [0.25, 0.3) is 10.8 Å². The minimum absolute atomic E-state index is 0.745. The molecule has 2 rings (SSSR count). The van der Waals surface area contributed by atoms with Crippen molar-refractivity contribution >= 4 is 22.5 Å². The minimum Gasteiger partial charge on any atom is -0.313 e. The van der Waals surface area contributed by atoms with Crippen LogP contribution in [-0.2, 0) is 6.54 Å². The summed E-state index contributed by atoms with van der Waals surface area (Å²) >= 11 is 1.93. The van der Waals surface area contributed by atoms with Crippen LogP contribution >= 0.6 is 11.8 Å². The highest BCUT2D eigenvalue weighted by molar-refractivity contribution is 7.99. The summed E-state index contributed by atoms with van der Waals surface area (Å²) in [4.78, 5) is 0. The number of benzene rings is 2. The summed E-state index contributed by atoms with van der Waals surface area (Å²) in [6, 6.07) is 15.2.